The monoisotopic (exact) mass is 721 g/mol. The first-order valence-electron chi connectivity index (χ1n) is 15.4. The summed E-state index contributed by atoms with van der Waals surface area (Å²) in [6.45, 7) is 2.27. The number of rotatable bonds is 7. The number of alkyl halides is 3. The third-order valence-corrected chi connectivity index (χ3v) is 8.74. The zero-order chi connectivity index (χ0) is 35.9. The molecule has 0 saturated carbocycles. The number of aromatic hydroxyl groups is 1. The Morgan fingerprint density at radius 1 is 1.10 bits per heavy atom. The number of piperazine rings is 1. The smallest absolute Gasteiger partial charge is 0.416 e. The lowest BCUT2D eigenvalue weighted by Gasteiger charge is -2.37. The predicted octanol–water partition coefficient (Wildman–Crippen LogP) is 4.51. The fraction of sp³-hybridized carbons (Fsp3) is 0.344. The van der Waals surface area contributed by atoms with Crippen LogP contribution in [0.1, 0.15) is 40.8 Å². The van der Waals surface area contributed by atoms with Crippen LogP contribution in [0.3, 0.4) is 0 Å². The quantitative estimate of drug-likeness (QED) is 0.267. The van der Waals surface area contributed by atoms with Crippen molar-refractivity contribution in [1.82, 2.24) is 24.1 Å². The lowest BCUT2D eigenvalue weighted by Crippen LogP contribution is -2.51. The summed E-state index contributed by atoms with van der Waals surface area (Å²) in [6, 6.07) is 3.74. The van der Waals surface area contributed by atoms with Gasteiger partial charge < -0.3 is 29.5 Å². The molecule has 2 aromatic heterocycles. The Bertz CT molecular complexity index is 2090. The number of carbonyl (C=O) groups is 2. The number of aromatic nitrogens is 4. The number of halogens is 6. The van der Waals surface area contributed by atoms with Crippen molar-refractivity contribution in [2.45, 2.75) is 32.5 Å². The van der Waals surface area contributed by atoms with Gasteiger partial charge in [-0.25, -0.2) is 8.78 Å². The molecule has 2 aromatic carbocycles. The average Bonchev–Trinajstić information content (AvgIpc) is 3.54. The number of phenols is 1. The molecule has 2 amide bonds. The van der Waals surface area contributed by atoms with E-state index < -0.39 is 58.6 Å². The van der Waals surface area contributed by atoms with Crippen molar-refractivity contribution in [2.75, 3.05) is 49.6 Å². The molecule has 1 saturated heterocycles. The molecule has 0 bridgehead atoms. The van der Waals surface area contributed by atoms with E-state index in [1.165, 1.54) is 9.47 Å². The molecule has 0 atom stereocenters. The van der Waals surface area contributed by atoms with Crippen LogP contribution in [-0.2, 0) is 28.7 Å². The van der Waals surface area contributed by atoms with Crippen LogP contribution >= 0.6 is 11.6 Å². The standard InChI is InChI=1S/C32H29ClF5N7O5/c1-2-24-26(42-7-9-43(10-8-42)29(48)20-14-19(34)15-22(35)27(20)47)30(49)45-31(40-28(41-45)17-5-11-50-12-6-17)44(24)16-25(46)39-23-4-3-18(13-21(23)33)32(36,37)38/h3-5,13-15,47H,2,6-12,16H2,1H3,(H,39,46). The van der Waals surface area contributed by atoms with Gasteiger partial charge >= 0.3 is 6.18 Å². The first kappa shape index (κ1) is 34.8. The topological polar surface area (TPSA) is 134 Å². The second kappa shape index (κ2) is 13.7. The van der Waals surface area contributed by atoms with E-state index in [2.05, 4.69) is 15.4 Å². The van der Waals surface area contributed by atoms with Crippen LogP contribution in [0.2, 0.25) is 5.02 Å². The summed E-state index contributed by atoms with van der Waals surface area (Å²) in [6.07, 6.45) is -2.15. The molecule has 0 aliphatic carbocycles. The number of hydrogen-bond acceptors (Lipinski definition) is 8. The van der Waals surface area contributed by atoms with Gasteiger partial charge in [0, 0.05) is 32.2 Å². The Kier molecular flexibility index (Phi) is 9.54. The molecule has 2 aliphatic heterocycles. The van der Waals surface area contributed by atoms with Crippen molar-refractivity contribution in [1.29, 1.82) is 0 Å². The molecule has 6 rings (SSSR count). The van der Waals surface area contributed by atoms with Gasteiger partial charge in [-0.2, -0.15) is 22.7 Å². The lowest BCUT2D eigenvalue weighted by molar-refractivity contribution is -0.137. The highest BCUT2D eigenvalue weighted by atomic mass is 35.5. The van der Waals surface area contributed by atoms with E-state index in [1.54, 1.807) is 17.9 Å². The summed E-state index contributed by atoms with van der Waals surface area (Å²) < 4.78 is 75.2. The Labute approximate surface area is 285 Å². The van der Waals surface area contributed by atoms with Crippen LogP contribution in [-0.4, -0.2) is 80.4 Å². The minimum absolute atomic E-state index is 0.0133. The zero-order valence-corrected chi connectivity index (χ0v) is 27.1. The summed E-state index contributed by atoms with van der Waals surface area (Å²) in [5.74, 6) is -4.46. The number of anilines is 2. The number of ether oxygens (including phenoxy) is 1. The number of fused-ring (bicyclic) bond motifs is 1. The van der Waals surface area contributed by atoms with Crippen LogP contribution < -0.4 is 15.8 Å². The van der Waals surface area contributed by atoms with E-state index in [0.29, 0.717) is 37.5 Å². The largest absolute Gasteiger partial charge is 0.504 e. The molecule has 0 spiro atoms. The van der Waals surface area contributed by atoms with Crippen LogP contribution in [0.15, 0.2) is 41.2 Å². The molecule has 12 nitrogen and oxygen atoms in total. The molecule has 264 valence electrons. The summed E-state index contributed by atoms with van der Waals surface area (Å²) in [7, 11) is 0. The highest BCUT2D eigenvalue weighted by molar-refractivity contribution is 6.33. The van der Waals surface area contributed by atoms with E-state index in [-0.39, 0.29) is 60.6 Å². The molecule has 1 fully saturated rings. The van der Waals surface area contributed by atoms with Crippen molar-refractivity contribution in [3.8, 4) is 5.75 Å². The molecule has 50 heavy (non-hydrogen) atoms. The number of hydrogen-bond donors (Lipinski definition) is 2. The van der Waals surface area contributed by atoms with E-state index in [4.69, 9.17) is 16.3 Å². The summed E-state index contributed by atoms with van der Waals surface area (Å²) in [5.41, 5.74) is -0.831. The molecular weight excluding hydrogens is 693 g/mol. The minimum Gasteiger partial charge on any atom is -0.504 e. The summed E-state index contributed by atoms with van der Waals surface area (Å²) in [4.78, 5) is 48.2. The van der Waals surface area contributed by atoms with Crippen molar-refractivity contribution in [3.63, 3.8) is 0 Å². The van der Waals surface area contributed by atoms with Gasteiger partial charge in [-0.1, -0.05) is 24.6 Å². The first-order chi connectivity index (χ1) is 23.8. The molecule has 4 aromatic rings. The SMILES string of the molecule is CCc1c(N2CCN(C(=O)c3cc(F)cc(F)c3O)CC2)c(=O)n2nc(C3=CCOCC3)nc2n1CC(=O)Nc1ccc(C(F)(F)F)cc1Cl. The number of phenolic OH excluding ortho intramolecular Hbond substituents is 1. The maximum atomic E-state index is 14.1. The van der Waals surface area contributed by atoms with E-state index in [1.807, 2.05) is 0 Å². The van der Waals surface area contributed by atoms with Crippen LogP contribution in [0.4, 0.5) is 33.3 Å². The molecular formula is C32H29ClF5N7O5. The highest BCUT2D eigenvalue weighted by Gasteiger charge is 2.32. The molecule has 18 heteroatoms. The maximum absolute atomic E-state index is 14.1. The van der Waals surface area contributed by atoms with Gasteiger partial charge in [0.25, 0.3) is 11.5 Å². The van der Waals surface area contributed by atoms with Gasteiger partial charge in [0.05, 0.1) is 40.7 Å². The Hall–Kier alpha value is -5.03. The van der Waals surface area contributed by atoms with E-state index >= 15 is 0 Å². The number of carbonyl (C=O) groups excluding carboxylic acids is 2. The van der Waals surface area contributed by atoms with Crippen molar-refractivity contribution < 1.29 is 41.4 Å². The average molecular weight is 722 g/mol. The third-order valence-electron chi connectivity index (χ3n) is 8.42. The number of amides is 2. The molecule has 0 radical (unpaired) electrons. The van der Waals surface area contributed by atoms with Crippen LogP contribution in [0.5, 0.6) is 5.75 Å². The Morgan fingerprint density at radius 3 is 2.48 bits per heavy atom. The van der Waals surface area contributed by atoms with Gasteiger partial charge in [-0.3, -0.25) is 14.4 Å². The van der Waals surface area contributed by atoms with Crippen molar-refractivity contribution >= 4 is 46.1 Å². The minimum atomic E-state index is -4.64. The van der Waals surface area contributed by atoms with Crippen molar-refractivity contribution in [2.24, 2.45) is 0 Å². The van der Waals surface area contributed by atoms with E-state index in [0.717, 1.165) is 28.3 Å². The fourth-order valence-electron chi connectivity index (χ4n) is 5.95. The fourth-order valence-corrected chi connectivity index (χ4v) is 6.18. The summed E-state index contributed by atoms with van der Waals surface area (Å²) >= 11 is 6.08. The molecule has 0 unspecified atom stereocenters. The van der Waals surface area contributed by atoms with Gasteiger partial charge in [0.1, 0.15) is 18.0 Å². The van der Waals surface area contributed by atoms with Crippen LogP contribution in [0, 0.1) is 11.6 Å². The van der Waals surface area contributed by atoms with Gasteiger partial charge in [0.2, 0.25) is 11.7 Å². The lowest BCUT2D eigenvalue weighted by atomic mass is 10.1. The van der Waals surface area contributed by atoms with E-state index in [9.17, 15) is 41.4 Å². The second-order valence-corrected chi connectivity index (χ2v) is 12.0. The second-order valence-electron chi connectivity index (χ2n) is 11.5. The molecule has 2 N–H and O–H groups in total. The predicted molar refractivity (Wildman–Crippen MR) is 171 cm³/mol. The van der Waals surface area contributed by atoms with Crippen LogP contribution in [0.25, 0.3) is 11.4 Å². The number of nitrogens with zero attached hydrogens (tertiary/aromatic N) is 6. The number of nitrogens with one attached hydrogen (secondary N) is 1. The molecule has 2 aliphatic rings. The third kappa shape index (κ3) is 6.74. The highest BCUT2D eigenvalue weighted by Crippen LogP contribution is 2.34. The van der Waals surface area contributed by atoms with Gasteiger partial charge in [-0.05, 0) is 42.7 Å². The maximum Gasteiger partial charge on any atom is 0.416 e. The normalized spacial score (nSPS) is 15.4. The first-order valence-corrected chi connectivity index (χ1v) is 15.8. The zero-order valence-electron chi connectivity index (χ0n) is 26.4. The Morgan fingerprint density at radius 2 is 1.84 bits per heavy atom. The summed E-state index contributed by atoms with van der Waals surface area (Å²) in [5, 5.41) is 16.7. The van der Waals surface area contributed by atoms with Gasteiger partial charge in [0.15, 0.2) is 17.4 Å². The molecule has 4 heterocycles. The van der Waals surface area contributed by atoms with Gasteiger partial charge in [-0.15, -0.1) is 5.10 Å². The Balaban J connectivity index is 1.35. The number of benzene rings is 2. The van der Waals surface area contributed by atoms with Crippen molar-refractivity contribution in [3.05, 3.63) is 86.1 Å².